The maximum Gasteiger partial charge on any atom is 0.253 e. The number of hydrogen-bond donors (Lipinski definition) is 1. The summed E-state index contributed by atoms with van der Waals surface area (Å²) in [7, 11) is 5.65. The van der Waals surface area contributed by atoms with Crippen LogP contribution in [-0.2, 0) is 11.4 Å². The number of carbonyl (C=O) groups excluding carboxylic acids is 2. The lowest BCUT2D eigenvalue weighted by Gasteiger charge is -2.33. The largest absolute Gasteiger partial charge is 0.493 e. The fraction of sp³-hybridized carbons (Fsp3) is 0.500. The van der Waals surface area contributed by atoms with Crippen LogP contribution in [0.3, 0.4) is 0 Å². The van der Waals surface area contributed by atoms with Crippen molar-refractivity contribution < 1.29 is 19.1 Å². The maximum absolute atomic E-state index is 13.1. The molecule has 190 valence electrons. The Morgan fingerprint density at radius 1 is 1.06 bits per heavy atom. The number of methoxy groups -OCH3 is 1. The van der Waals surface area contributed by atoms with Gasteiger partial charge >= 0.3 is 0 Å². The van der Waals surface area contributed by atoms with Crippen LogP contribution in [0, 0.1) is 11.3 Å². The minimum Gasteiger partial charge on any atom is -0.493 e. The van der Waals surface area contributed by atoms with Gasteiger partial charge in [0.05, 0.1) is 7.11 Å². The number of rotatable bonds is 10. The number of hydrogen-bond acceptors (Lipinski definition) is 5. The highest BCUT2D eigenvalue weighted by molar-refractivity contribution is 5.95. The zero-order valence-corrected chi connectivity index (χ0v) is 21.7. The average molecular weight is 482 g/mol. The summed E-state index contributed by atoms with van der Waals surface area (Å²) in [5.41, 5.74) is 1.62. The highest BCUT2D eigenvalue weighted by atomic mass is 16.5. The number of ether oxygens (including phenoxy) is 2. The van der Waals surface area contributed by atoms with Gasteiger partial charge < -0.3 is 24.6 Å². The van der Waals surface area contributed by atoms with Crippen molar-refractivity contribution in [3.05, 3.63) is 59.7 Å². The van der Waals surface area contributed by atoms with E-state index in [0.717, 1.165) is 12.1 Å². The first kappa shape index (κ1) is 26.5. The van der Waals surface area contributed by atoms with Gasteiger partial charge in [-0.1, -0.05) is 44.2 Å². The van der Waals surface area contributed by atoms with Crippen molar-refractivity contribution in [2.45, 2.75) is 33.3 Å². The number of nitrogens with zero attached hydrogens (tertiary/aromatic N) is 2. The standard InChI is InChI=1S/C28H39N3O4/c1-28(2,20-30(3)4)19-29-26(32)22-13-15-31(16-14-22)27(33)23-11-12-24(25(17-23)34-5)35-18-21-9-7-6-8-10-21/h6-12,17,22H,13-16,18-20H2,1-5H3,(H,29,32). The normalized spacial score (nSPS) is 14.6. The minimum absolute atomic E-state index is 0.00581. The Balaban J connectivity index is 1.52. The lowest BCUT2D eigenvalue weighted by atomic mass is 9.91. The summed E-state index contributed by atoms with van der Waals surface area (Å²) in [5.74, 6) is 1.11. The van der Waals surface area contributed by atoms with E-state index in [4.69, 9.17) is 9.47 Å². The van der Waals surface area contributed by atoms with Gasteiger partial charge in [-0.15, -0.1) is 0 Å². The topological polar surface area (TPSA) is 71.1 Å². The summed E-state index contributed by atoms with van der Waals surface area (Å²) in [6.45, 7) is 7.40. The molecule has 2 amide bonds. The van der Waals surface area contributed by atoms with Gasteiger partial charge in [0.15, 0.2) is 11.5 Å². The molecule has 0 radical (unpaired) electrons. The van der Waals surface area contributed by atoms with E-state index in [0.29, 0.717) is 56.1 Å². The molecule has 0 bridgehead atoms. The molecule has 7 heteroatoms. The van der Waals surface area contributed by atoms with Crippen LogP contribution < -0.4 is 14.8 Å². The molecular formula is C28H39N3O4. The number of piperidine rings is 1. The van der Waals surface area contributed by atoms with Crippen LogP contribution in [0.5, 0.6) is 11.5 Å². The van der Waals surface area contributed by atoms with Crippen molar-refractivity contribution in [1.29, 1.82) is 0 Å². The van der Waals surface area contributed by atoms with Gasteiger partial charge in [-0.3, -0.25) is 9.59 Å². The summed E-state index contributed by atoms with van der Waals surface area (Å²) >= 11 is 0. The van der Waals surface area contributed by atoms with Gasteiger partial charge in [0, 0.05) is 37.7 Å². The Morgan fingerprint density at radius 2 is 1.74 bits per heavy atom. The van der Waals surface area contributed by atoms with Gasteiger partial charge in [-0.25, -0.2) is 0 Å². The molecule has 0 unspecified atom stereocenters. The van der Waals surface area contributed by atoms with Crippen LogP contribution in [0.1, 0.15) is 42.6 Å². The Hall–Kier alpha value is -3.06. The van der Waals surface area contributed by atoms with Crippen LogP contribution in [0.25, 0.3) is 0 Å². The Kier molecular flexibility index (Phi) is 9.15. The Morgan fingerprint density at radius 3 is 2.37 bits per heavy atom. The predicted molar refractivity (Wildman–Crippen MR) is 138 cm³/mol. The molecule has 1 heterocycles. The van der Waals surface area contributed by atoms with Crippen molar-refractivity contribution in [3.8, 4) is 11.5 Å². The molecule has 0 aromatic heterocycles. The highest BCUT2D eigenvalue weighted by Crippen LogP contribution is 2.30. The second kappa shape index (κ2) is 12.1. The Labute approximate surface area is 209 Å². The molecule has 1 aliphatic heterocycles. The quantitative estimate of drug-likeness (QED) is 0.559. The number of amides is 2. The summed E-state index contributed by atoms with van der Waals surface area (Å²) in [6, 6.07) is 15.2. The molecule has 0 saturated carbocycles. The van der Waals surface area contributed by atoms with Crippen molar-refractivity contribution in [1.82, 2.24) is 15.1 Å². The molecule has 0 atom stereocenters. The van der Waals surface area contributed by atoms with Crippen LogP contribution in [0.15, 0.2) is 48.5 Å². The molecule has 1 N–H and O–H groups in total. The third-order valence-corrected chi connectivity index (χ3v) is 6.29. The zero-order chi connectivity index (χ0) is 25.4. The lowest BCUT2D eigenvalue weighted by Crippen LogP contribution is -2.46. The molecule has 3 rings (SSSR count). The molecule has 7 nitrogen and oxygen atoms in total. The number of benzene rings is 2. The fourth-order valence-corrected chi connectivity index (χ4v) is 4.57. The maximum atomic E-state index is 13.1. The zero-order valence-electron chi connectivity index (χ0n) is 21.7. The lowest BCUT2D eigenvalue weighted by molar-refractivity contribution is -0.126. The summed E-state index contributed by atoms with van der Waals surface area (Å²) in [4.78, 5) is 29.8. The first-order chi connectivity index (χ1) is 16.7. The predicted octanol–water partition coefficient (Wildman–Crippen LogP) is 3.83. The molecule has 2 aromatic rings. The van der Waals surface area contributed by atoms with Gasteiger partial charge in [-0.2, -0.15) is 0 Å². The van der Waals surface area contributed by atoms with E-state index < -0.39 is 0 Å². The molecule has 0 spiro atoms. The second-order valence-electron chi connectivity index (χ2n) is 10.3. The van der Waals surface area contributed by atoms with Gasteiger partial charge in [0.2, 0.25) is 5.91 Å². The third kappa shape index (κ3) is 7.72. The van der Waals surface area contributed by atoms with Crippen LogP contribution in [0.2, 0.25) is 0 Å². The van der Waals surface area contributed by atoms with Gasteiger partial charge in [0.1, 0.15) is 6.61 Å². The van der Waals surface area contributed by atoms with Gasteiger partial charge in [-0.05, 0) is 56.1 Å². The summed E-state index contributed by atoms with van der Waals surface area (Å²) in [5, 5.41) is 3.12. The summed E-state index contributed by atoms with van der Waals surface area (Å²) < 4.78 is 11.4. The van der Waals surface area contributed by atoms with Crippen LogP contribution in [0.4, 0.5) is 0 Å². The highest BCUT2D eigenvalue weighted by Gasteiger charge is 2.29. The van der Waals surface area contributed by atoms with E-state index in [1.54, 1.807) is 25.3 Å². The SMILES string of the molecule is COc1cc(C(=O)N2CCC(C(=O)NCC(C)(C)CN(C)C)CC2)ccc1OCc1ccccc1. The molecule has 1 aliphatic rings. The second-order valence-corrected chi connectivity index (χ2v) is 10.3. The van der Waals surface area contributed by atoms with Crippen molar-refractivity contribution in [2.75, 3.05) is 47.4 Å². The molecule has 1 saturated heterocycles. The van der Waals surface area contributed by atoms with E-state index in [1.807, 2.05) is 49.3 Å². The van der Waals surface area contributed by atoms with E-state index >= 15 is 0 Å². The molecule has 0 aliphatic carbocycles. The van der Waals surface area contributed by atoms with E-state index in [9.17, 15) is 9.59 Å². The average Bonchev–Trinajstić information content (AvgIpc) is 2.85. The Bertz CT molecular complexity index is 983. The minimum atomic E-state index is -0.0579. The molecule has 35 heavy (non-hydrogen) atoms. The first-order valence-electron chi connectivity index (χ1n) is 12.2. The van der Waals surface area contributed by atoms with Crippen molar-refractivity contribution in [3.63, 3.8) is 0 Å². The van der Waals surface area contributed by atoms with Crippen molar-refractivity contribution >= 4 is 11.8 Å². The van der Waals surface area contributed by atoms with E-state index in [1.165, 1.54) is 0 Å². The molecule has 2 aromatic carbocycles. The van der Waals surface area contributed by atoms with Crippen molar-refractivity contribution in [2.24, 2.45) is 11.3 Å². The van der Waals surface area contributed by atoms with E-state index in [2.05, 4.69) is 24.1 Å². The third-order valence-electron chi connectivity index (χ3n) is 6.29. The number of likely N-dealkylation sites (tertiary alicyclic amines) is 1. The smallest absolute Gasteiger partial charge is 0.253 e. The van der Waals surface area contributed by atoms with Crippen LogP contribution in [-0.4, -0.2) is 69.0 Å². The van der Waals surface area contributed by atoms with E-state index in [-0.39, 0.29) is 23.1 Å². The number of nitrogens with one attached hydrogen (secondary N) is 1. The van der Waals surface area contributed by atoms with Gasteiger partial charge in [0.25, 0.3) is 5.91 Å². The number of carbonyl (C=O) groups is 2. The summed E-state index contributed by atoms with van der Waals surface area (Å²) in [6.07, 6.45) is 1.34. The fourth-order valence-electron chi connectivity index (χ4n) is 4.57. The first-order valence-corrected chi connectivity index (χ1v) is 12.2. The molecular weight excluding hydrogens is 442 g/mol. The molecule has 1 fully saturated rings. The van der Waals surface area contributed by atoms with Crippen LogP contribution >= 0.6 is 0 Å². The monoisotopic (exact) mass is 481 g/mol.